The van der Waals surface area contributed by atoms with E-state index in [1.165, 1.54) is 11.3 Å². The molecule has 2 nitrogen and oxygen atoms in total. The second-order valence-corrected chi connectivity index (χ2v) is 5.33. The molecule has 0 saturated carbocycles. The fraction of sp³-hybridized carbons (Fsp3) is 0.667. The molecule has 1 aromatic heterocycles. The van der Waals surface area contributed by atoms with Crippen molar-refractivity contribution in [1.29, 1.82) is 0 Å². The summed E-state index contributed by atoms with van der Waals surface area (Å²) in [5.41, 5.74) is 0. The minimum atomic E-state index is 0.532. The van der Waals surface area contributed by atoms with E-state index in [0.717, 1.165) is 12.3 Å². The van der Waals surface area contributed by atoms with Crippen LogP contribution >= 0.6 is 11.8 Å². The normalized spacial score (nSPS) is 15.2. The zero-order valence-electron chi connectivity index (χ0n) is 10.0. The van der Waals surface area contributed by atoms with E-state index in [4.69, 9.17) is 4.42 Å². The van der Waals surface area contributed by atoms with E-state index >= 15 is 0 Å². The highest BCUT2D eigenvalue weighted by molar-refractivity contribution is 8.00. The number of rotatable bonds is 6. The van der Waals surface area contributed by atoms with Gasteiger partial charge in [0, 0.05) is 16.2 Å². The number of nitrogens with one attached hydrogen (secondary N) is 1. The van der Waals surface area contributed by atoms with Gasteiger partial charge in [-0.1, -0.05) is 13.8 Å². The summed E-state index contributed by atoms with van der Waals surface area (Å²) < 4.78 is 5.29. The van der Waals surface area contributed by atoms with Crippen LogP contribution in [-0.4, -0.2) is 17.8 Å². The molecule has 0 bridgehead atoms. The Morgan fingerprint density at radius 3 is 2.73 bits per heavy atom. The quantitative estimate of drug-likeness (QED) is 0.753. The molecular weight excluding hydrogens is 206 g/mol. The first-order valence-electron chi connectivity index (χ1n) is 5.59. The number of hydrogen-bond donors (Lipinski definition) is 1. The largest absolute Gasteiger partial charge is 0.468 e. The zero-order chi connectivity index (χ0) is 11.3. The van der Waals surface area contributed by atoms with Crippen molar-refractivity contribution in [2.45, 2.75) is 50.3 Å². The average Bonchev–Trinajstić information content (AvgIpc) is 2.61. The summed E-state index contributed by atoms with van der Waals surface area (Å²) in [6.45, 7) is 9.79. The van der Waals surface area contributed by atoms with Gasteiger partial charge in [0.15, 0.2) is 0 Å². The molecule has 1 heterocycles. The molecule has 0 saturated heterocycles. The first kappa shape index (κ1) is 12.7. The molecule has 1 aromatic rings. The molecule has 3 heteroatoms. The Bertz CT molecular complexity index is 285. The van der Waals surface area contributed by atoms with Crippen LogP contribution in [0.1, 0.15) is 33.0 Å². The molecule has 2 unspecified atom stereocenters. The molecular formula is C12H21NOS. The van der Waals surface area contributed by atoms with Crippen LogP contribution in [0.25, 0.3) is 0 Å². The molecule has 1 N–H and O–H groups in total. The van der Waals surface area contributed by atoms with Gasteiger partial charge in [-0.15, -0.1) is 11.8 Å². The third-order valence-corrected chi connectivity index (χ3v) is 4.00. The molecule has 0 aliphatic rings. The summed E-state index contributed by atoms with van der Waals surface area (Å²) in [6.07, 6.45) is 2.95. The van der Waals surface area contributed by atoms with Gasteiger partial charge in [0.05, 0.1) is 6.26 Å². The minimum absolute atomic E-state index is 0.532. The van der Waals surface area contributed by atoms with E-state index in [9.17, 15) is 0 Å². The standard InChI is InChI=1S/C12H21NOS/c1-5-7-13-9(2)11(4)15-12-6-8-14-10(12)3/h6,8-9,11,13H,5,7H2,1-4H3. The van der Waals surface area contributed by atoms with Crippen molar-refractivity contribution >= 4 is 11.8 Å². The van der Waals surface area contributed by atoms with Crippen molar-refractivity contribution in [3.63, 3.8) is 0 Å². The lowest BCUT2D eigenvalue weighted by Crippen LogP contribution is -2.34. The topological polar surface area (TPSA) is 25.2 Å². The van der Waals surface area contributed by atoms with Gasteiger partial charge in [-0.25, -0.2) is 0 Å². The lowest BCUT2D eigenvalue weighted by atomic mass is 10.2. The average molecular weight is 227 g/mol. The van der Waals surface area contributed by atoms with Crippen molar-refractivity contribution in [1.82, 2.24) is 5.32 Å². The summed E-state index contributed by atoms with van der Waals surface area (Å²) in [4.78, 5) is 1.26. The van der Waals surface area contributed by atoms with Crippen LogP contribution < -0.4 is 5.32 Å². The third-order valence-electron chi connectivity index (χ3n) is 2.54. The van der Waals surface area contributed by atoms with E-state index in [1.54, 1.807) is 6.26 Å². The molecule has 15 heavy (non-hydrogen) atoms. The van der Waals surface area contributed by atoms with Crippen molar-refractivity contribution < 1.29 is 4.42 Å². The van der Waals surface area contributed by atoms with E-state index < -0.39 is 0 Å². The molecule has 1 rings (SSSR count). The molecule has 2 atom stereocenters. The van der Waals surface area contributed by atoms with Gasteiger partial charge in [-0.3, -0.25) is 0 Å². The van der Waals surface area contributed by atoms with Crippen molar-refractivity contribution in [2.75, 3.05) is 6.54 Å². The van der Waals surface area contributed by atoms with E-state index in [0.29, 0.717) is 11.3 Å². The second kappa shape index (κ2) is 6.23. The summed E-state index contributed by atoms with van der Waals surface area (Å²) in [6, 6.07) is 2.58. The maximum Gasteiger partial charge on any atom is 0.114 e. The van der Waals surface area contributed by atoms with E-state index in [2.05, 4.69) is 26.1 Å². The van der Waals surface area contributed by atoms with Crippen LogP contribution in [0.5, 0.6) is 0 Å². The van der Waals surface area contributed by atoms with Crippen LogP contribution in [0.15, 0.2) is 21.6 Å². The lowest BCUT2D eigenvalue weighted by Gasteiger charge is -2.20. The fourth-order valence-corrected chi connectivity index (χ4v) is 2.38. The van der Waals surface area contributed by atoms with Gasteiger partial charge in [0.1, 0.15) is 5.76 Å². The Morgan fingerprint density at radius 2 is 2.20 bits per heavy atom. The predicted molar refractivity (Wildman–Crippen MR) is 66.5 cm³/mol. The highest BCUT2D eigenvalue weighted by atomic mass is 32.2. The van der Waals surface area contributed by atoms with Gasteiger partial charge < -0.3 is 9.73 Å². The highest BCUT2D eigenvalue weighted by Gasteiger charge is 2.14. The van der Waals surface area contributed by atoms with Gasteiger partial charge >= 0.3 is 0 Å². The van der Waals surface area contributed by atoms with Gasteiger partial charge in [-0.05, 0) is 32.9 Å². The van der Waals surface area contributed by atoms with Gasteiger partial charge in [0.25, 0.3) is 0 Å². The fourth-order valence-electron chi connectivity index (χ4n) is 1.34. The summed E-state index contributed by atoms with van der Waals surface area (Å²) in [7, 11) is 0. The molecule has 0 aliphatic carbocycles. The Hall–Kier alpha value is -0.410. The molecule has 0 aromatic carbocycles. The Labute approximate surface area is 96.8 Å². The molecule has 86 valence electrons. The smallest absolute Gasteiger partial charge is 0.114 e. The third kappa shape index (κ3) is 3.92. The summed E-state index contributed by atoms with van der Waals surface area (Å²) in [5, 5.41) is 4.08. The summed E-state index contributed by atoms with van der Waals surface area (Å²) in [5.74, 6) is 1.02. The molecule has 0 spiro atoms. The first-order valence-corrected chi connectivity index (χ1v) is 6.47. The molecule has 0 fully saturated rings. The number of furan rings is 1. The van der Waals surface area contributed by atoms with Crippen LogP contribution in [0, 0.1) is 6.92 Å². The predicted octanol–water partition coefficient (Wildman–Crippen LogP) is 3.46. The van der Waals surface area contributed by atoms with Crippen molar-refractivity contribution in [3.05, 3.63) is 18.1 Å². The zero-order valence-corrected chi connectivity index (χ0v) is 10.9. The maximum atomic E-state index is 5.29. The van der Waals surface area contributed by atoms with Crippen LogP contribution in [-0.2, 0) is 0 Å². The van der Waals surface area contributed by atoms with E-state index in [-0.39, 0.29) is 0 Å². The van der Waals surface area contributed by atoms with Crippen LogP contribution in [0.3, 0.4) is 0 Å². The number of thioether (sulfide) groups is 1. The molecule has 0 aliphatic heterocycles. The molecule has 0 amide bonds. The second-order valence-electron chi connectivity index (χ2n) is 3.91. The molecule has 0 radical (unpaired) electrons. The van der Waals surface area contributed by atoms with Crippen molar-refractivity contribution in [2.24, 2.45) is 0 Å². The SMILES string of the molecule is CCCNC(C)C(C)Sc1ccoc1C. The van der Waals surface area contributed by atoms with Crippen LogP contribution in [0.2, 0.25) is 0 Å². The van der Waals surface area contributed by atoms with E-state index in [1.807, 2.05) is 24.8 Å². The minimum Gasteiger partial charge on any atom is -0.468 e. The summed E-state index contributed by atoms with van der Waals surface area (Å²) >= 11 is 1.88. The van der Waals surface area contributed by atoms with Crippen molar-refractivity contribution in [3.8, 4) is 0 Å². The number of hydrogen-bond acceptors (Lipinski definition) is 3. The maximum absolute atomic E-state index is 5.29. The number of aryl methyl sites for hydroxylation is 1. The van der Waals surface area contributed by atoms with Crippen LogP contribution in [0.4, 0.5) is 0 Å². The van der Waals surface area contributed by atoms with Gasteiger partial charge in [-0.2, -0.15) is 0 Å². The lowest BCUT2D eigenvalue weighted by molar-refractivity contribution is 0.525. The first-order chi connectivity index (χ1) is 7.15. The Balaban J connectivity index is 2.41. The Morgan fingerprint density at radius 1 is 1.47 bits per heavy atom. The monoisotopic (exact) mass is 227 g/mol. The van der Waals surface area contributed by atoms with Gasteiger partial charge in [0.2, 0.25) is 0 Å². The Kier molecular flexibility index (Phi) is 5.26. The highest BCUT2D eigenvalue weighted by Crippen LogP contribution is 2.28.